The number of ether oxygens (including phenoxy) is 1. The van der Waals surface area contributed by atoms with Gasteiger partial charge in [-0.15, -0.1) is 0 Å². The molecule has 4 heterocycles. The van der Waals surface area contributed by atoms with Crippen LogP contribution >= 0.6 is 0 Å². The van der Waals surface area contributed by atoms with E-state index in [1.807, 2.05) is 17.0 Å². The van der Waals surface area contributed by atoms with Gasteiger partial charge in [0, 0.05) is 39.3 Å². The predicted molar refractivity (Wildman–Crippen MR) is 150 cm³/mol. The average molecular weight is 548 g/mol. The second kappa shape index (κ2) is 10.9. The molecule has 1 atom stereocenters. The quantitative estimate of drug-likeness (QED) is 0.358. The van der Waals surface area contributed by atoms with Crippen LogP contribution < -0.4 is 10.2 Å². The van der Waals surface area contributed by atoms with Gasteiger partial charge >= 0.3 is 0 Å². The van der Waals surface area contributed by atoms with Gasteiger partial charge in [0.1, 0.15) is 0 Å². The normalized spacial score (nSPS) is 18.6. The highest BCUT2D eigenvalue weighted by Gasteiger charge is 2.30. The second-order valence-electron chi connectivity index (χ2n) is 10.1. The van der Waals surface area contributed by atoms with Crippen LogP contribution in [-0.4, -0.2) is 77.7 Å². The van der Waals surface area contributed by atoms with Gasteiger partial charge in [0.05, 0.1) is 23.9 Å². The smallest absolute Gasteiger partial charge is 0.243 e. The first-order chi connectivity index (χ1) is 19.0. The van der Waals surface area contributed by atoms with Gasteiger partial charge in [-0.25, -0.2) is 13.4 Å². The lowest BCUT2D eigenvalue weighted by molar-refractivity contribution is 0.120. The number of aromatic nitrogens is 4. The number of benzene rings is 2. The Morgan fingerprint density at radius 2 is 1.85 bits per heavy atom. The molecule has 2 saturated heterocycles. The summed E-state index contributed by atoms with van der Waals surface area (Å²) in [5.74, 6) is 1.24. The minimum absolute atomic E-state index is 0.152. The first kappa shape index (κ1) is 25.7. The zero-order valence-corrected chi connectivity index (χ0v) is 22.8. The molecule has 11 heteroatoms. The van der Waals surface area contributed by atoms with Gasteiger partial charge in [0.2, 0.25) is 16.0 Å². The Kier molecular flexibility index (Phi) is 7.20. The number of hydrogen-bond donors (Lipinski definition) is 1. The van der Waals surface area contributed by atoms with Crippen LogP contribution in [0.15, 0.2) is 65.8 Å². The van der Waals surface area contributed by atoms with Crippen LogP contribution in [0.5, 0.6) is 0 Å². The molecule has 39 heavy (non-hydrogen) atoms. The van der Waals surface area contributed by atoms with E-state index in [0.717, 1.165) is 30.6 Å². The Hall–Kier alpha value is -3.54. The molecule has 2 aliphatic rings. The van der Waals surface area contributed by atoms with Crippen molar-refractivity contribution in [3.8, 4) is 0 Å². The van der Waals surface area contributed by atoms with Crippen LogP contribution in [0.4, 0.5) is 11.8 Å². The summed E-state index contributed by atoms with van der Waals surface area (Å²) in [7, 11) is -3.54. The predicted octanol–water partition coefficient (Wildman–Crippen LogP) is 3.28. The largest absolute Gasteiger partial charge is 0.376 e. The number of sulfonamides is 1. The number of nitrogens with zero attached hydrogens (tertiary/aromatic N) is 6. The van der Waals surface area contributed by atoms with Gasteiger partial charge in [0.15, 0.2) is 17.0 Å². The standard InChI is InChI=1S/C28H33N7O3S/c1-21-7-5-8-22(17-21)19-34-20-30-25-26(29-18-23-9-6-16-38-23)31-28(32-27(25)34)33-12-14-35(15-13-33)39(36,37)24-10-3-2-4-11-24/h2-5,7-8,10-11,17,20,23H,6,9,12-16,18-19H2,1H3,(H,29,31,32). The van der Waals surface area contributed by atoms with E-state index >= 15 is 0 Å². The van der Waals surface area contributed by atoms with Crippen molar-refractivity contribution in [2.45, 2.75) is 37.3 Å². The highest BCUT2D eigenvalue weighted by atomic mass is 32.2. The van der Waals surface area contributed by atoms with Crippen LogP contribution in [-0.2, 0) is 21.3 Å². The third-order valence-corrected chi connectivity index (χ3v) is 9.22. The fourth-order valence-corrected chi connectivity index (χ4v) is 6.65. The molecule has 0 aliphatic carbocycles. The topological polar surface area (TPSA) is 105 Å². The van der Waals surface area contributed by atoms with E-state index in [2.05, 4.69) is 46.4 Å². The van der Waals surface area contributed by atoms with Crippen molar-refractivity contribution in [2.24, 2.45) is 0 Å². The number of nitrogens with one attached hydrogen (secondary N) is 1. The van der Waals surface area contributed by atoms with Crippen molar-refractivity contribution in [3.05, 3.63) is 72.1 Å². The van der Waals surface area contributed by atoms with E-state index in [0.29, 0.717) is 55.9 Å². The van der Waals surface area contributed by atoms with Crippen molar-refractivity contribution in [1.82, 2.24) is 23.8 Å². The van der Waals surface area contributed by atoms with Crippen molar-refractivity contribution >= 4 is 33.0 Å². The summed E-state index contributed by atoms with van der Waals surface area (Å²) >= 11 is 0. The number of piperazine rings is 1. The summed E-state index contributed by atoms with van der Waals surface area (Å²) in [5, 5.41) is 3.47. The first-order valence-electron chi connectivity index (χ1n) is 13.4. The molecule has 0 spiro atoms. The van der Waals surface area contributed by atoms with Gasteiger partial charge in [-0.2, -0.15) is 14.3 Å². The number of hydrogen-bond acceptors (Lipinski definition) is 8. The van der Waals surface area contributed by atoms with Crippen molar-refractivity contribution < 1.29 is 13.2 Å². The summed E-state index contributed by atoms with van der Waals surface area (Å²) in [6, 6.07) is 17.0. The number of rotatable bonds is 8. The molecule has 2 aromatic heterocycles. The molecule has 4 aromatic rings. The lowest BCUT2D eigenvalue weighted by atomic mass is 10.1. The zero-order chi connectivity index (χ0) is 26.8. The van der Waals surface area contributed by atoms with Gasteiger partial charge < -0.3 is 19.5 Å². The lowest BCUT2D eigenvalue weighted by Gasteiger charge is -2.34. The SMILES string of the molecule is Cc1cccc(Cn2cnc3c(NCC4CCCO4)nc(N4CCN(S(=O)(=O)c5ccccc5)CC4)nc32)c1. The molecule has 0 saturated carbocycles. The summed E-state index contributed by atoms with van der Waals surface area (Å²) in [4.78, 5) is 16.9. The molecular weight excluding hydrogens is 514 g/mol. The van der Waals surface area contributed by atoms with E-state index in [1.165, 1.54) is 15.4 Å². The molecule has 2 fully saturated rings. The lowest BCUT2D eigenvalue weighted by Crippen LogP contribution is -2.49. The maximum atomic E-state index is 13.1. The van der Waals surface area contributed by atoms with Gasteiger partial charge in [-0.1, -0.05) is 48.0 Å². The molecule has 1 N–H and O–H groups in total. The monoisotopic (exact) mass is 547 g/mol. The minimum Gasteiger partial charge on any atom is -0.376 e. The molecule has 1 unspecified atom stereocenters. The van der Waals surface area contributed by atoms with Crippen LogP contribution in [0.2, 0.25) is 0 Å². The highest BCUT2D eigenvalue weighted by molar-refractivity contribution is 7.89. The summed E-state index contributed by atoms with van der Waals surface area (Å²) in [5.41, 5.74) is 3.84. The Morgan fingerprint density at radius 1 is 1.03 bits per heavy atom. The van der Waals surface area contributed by atoms with Crippen LogP contribution in [0.1, 0.15) is 24.0 Å². The first-order valence-corrected chi connectivity index (χ1v) is 14.9. The van der Waals surface area contributed by atoms with Crippen LogP contribution in [0, 0.1) is 6.92 Å². The number of aryl methyl sites for hydroxylation is 1. The Morgan fingerprint density at radius 3 is 2.59 bits per heavy atom. The number of imidazole rings is 1. The van der Waals surface area contributed by atoms with Gasteiger partial charge in [-0.3, -0.25) is 0 Å². The number of fused-ring (bicyclic) bond motifs is 1. The van der Waals surface area contributed by atoms with E-state index in [4.69, 9.17) is 14.7 Å². The van der Waals surface area contributed by atoms with Gasteiger partial charge in [0.25, 0.3) is 0 Å². The molecule has 0 radical (unpaired) electrons. The number of anilines is 2. The van der Waals surface area contributed by atoms with Crippen LogP contribution in [0.3, 0.4) is 0 Å². The molecular formula is C28H33N7O3S. The van der Waals surface area contributed by atoms with E-state index in [1.54, 1.807) is 24.3 Å². The summed E-state index contributed by atoms with van der Waals surface area (Å²) in [6.07, 6.45) is 4.05. The molecule has 0 amide bonds. The third-order valence-electron chi connectivity index (χ3n) is 7.31. The summed E-state index contributed by atoms with van der Waals surface area (Å²) in [6.45, 7) is 5.88. The zero-order valence-electron chi connectivity index (χ0n) is 22.0. The van der Waals surface area contributed by atoms with E-state index in [9.17, 15) is 8.42 Å². The highest BCUT2D eigenvalue weighted by Crippen LogP contribution is 2.26. The van der Waals surface area contributed by atoms with Crippen LogP contribution in [0.25, 0.3) is 11.2 Å². The average Bonchev–Trinajstić information content (AvgIpc) is 3.63. The minimum atomic E-state index is -3.54. The van der Waals surface area contributed by atoms with Crippen molar-refractivity contribution in [3.63, 3.8) is 0 Å². The molecule has 204 valence electrons. The third kappa shape index (κ3) is 5.47. The Labute approximate surface area is 228 Å². The maximum absolute atomic E-state index is 13.1. The maximum Gasteiger partial charge on any atom is 0.243 e. The molecule has 2 aliphatic heterocycles. The molecule has 2 aromatic carbocycles. The summed E-state index contributed by atoms with van der Waals surface area (Å²) < 4.78 is 35.6. The Bertz CT molecular complexity index is 1540. The van der Waals surface area contributed by atoms with Crippen molar-refractivity contribution in [1.29, 1.82) is 0 Å². The Balaban J connectivity index is 1.27. The molecule has 6 rings (SSSR count). The fourth-order valence-electron chi connectivity index (χ4n) is 5.21. The van der Waals surface area contributed by atoms with Crippen molar-refractivity contribution in [2.75, 3.05) is 49.5 Å². The molecule has 10 nitrogen and oxygen atoms in total. The fraction of sp³-hybridized carbons (Fsp3) is 0.393. The van der Waals surface area contributed by atoms with Gasteiger partial charge in [-0.05, 0) is 37.5 Å². The molecule has 0 bridgehead atoms. The van der Waals surface area contributed by atoms with E-state index in [-0.39, 0.29) is 6.10 Å². The second-order valence-corrected chi connectivity index (χ2v) is 12.1. The van der Waals surface area contributed by atoms with E-state index < -0.39 is 10.0 Å².